The van der Waals surface area contributed by atoms with Crippen molar-refractivity contribution in [3.8, 4) is 6.07 Å². The summed E-state index contributed by atoms with van der Waals surface area (Å²) in [6.45, 7) is 4.67. The van der Waals surface area contributed by atoms with Crippen LogP contribution in [0.1, 0.15) is 13.8 Å². The van der Waals surface area contributed by atoms with E-state index in [2.05, 4.69) is 15.6 Å². The van der Waals surface area contributed by atoms with E-state index in [0.29, 0.717) is 24.6 Å². The summed E-state index contributed by atoms with van der Waals surface area (Å²) in [6.07, 6.45) is 1.52. The SMILES string of the molecule is CC(C)(C#N)C(=O)Nc1ccc(N2CCNC(=O)C2)nc1. The summed E-state index contributed by atoms with van der Waals surface area (Å²) < 4.78 is 0. The van der Waals surface area contributed by atoms with Crippen molar-refractivity contribution >= 4 is 23.3 Å². The molecule has 1 aromatic heterocycles. The number of piperazine rings is 1. The van der Waals surface area contributed by atoms with E-state index in [4.69, 9.17) is 5.26 Å². The first-order chi connectivity index (χ1) is 9.92. The van der Waals surface area contributed by atoms with Crippen molar-refractivity contribution < 1.29 is 9.59 Å². The molecular formula is C14H17N5O2. The first-order valence-electron chi connectivity index (χ1n) is 6.63. The molecule has 0 saturated carbocycles. The highest BCUT2D eigenvalue weighted by Gasteiger charge is 2.27. The Balaban J connectivity index is 2.04. The molecule has 0 spiro atoms. The molecule has 110 valence electrons. The van der Waals surface area contributed by atoms with E-state index in [1.165, 1.54) is 6.20 Å². The Morgan fingerprint density at radius 1 is 1.52 bits per heavy atom. The van der Waals surface area contributed by atoms with Gasteiger partial charge in [-0.2, -0.15) is 5.26 Å². The van der Waals surface area contributed by atoms with Gasteiger partial charge in [-0.15, -0.1) is 0 Å². The average Bonchev–Trinajstić information content (AvgIpc) is 2.48. The van der Waals surface area contributed by atoms with Crippen molar-refractivity contribution in [2.75, 3.05) is 29.9 Å². The number of aromatic nitrogens is 1. The summed E-state index contributed by atoms with van der Waals surface area (Å²) in [5, 5.41) is 14.3. The number of pyridine rings is 1. The van der Waals surface area contributed by atoms with E-state index in [1.807, 2.05) is 11.0 Å². The van der Waals surface area contributed by atoms with Crippen molar-refractivity contribution in [3.05, 3.63) is 18.3 Å². The van der Waals surface area contributed by atoms with Crippen LogP contribution in [-0.4, -0.2) is 36.4 Å². The van der Waals surface area contributed by atoms with Crippen LogP contribution in [-0.2, 0) is 9.59 Å². The molecule has 2 rings (SSSR count). The van der Waals surface area contributed by atoms with Crippen LogP contribution in [0.3, 0.4) is 0 Å². The summed E-state index contributed by atoms with van der Waals surface area (Å²) in [6, 6.07) is 5.40. The monoisotopic (exact) mass is 287 g/mol. The molecule has 21 heavy (non-hydrogen) atoms. The Hall–Kier alpha value is -2.62. The summed E-state index contributed by atoms with van der Waals surface area (Å²) in [7, 11) is 0. The second kappa shape index (κ2) is 5.79. The average molecular weight is 287 g/mol. The summed E-state index contributed by atoms with van der Waals surface area (Å²) in [5.74, 6) is 0.274. The standard InChI is InChI=1S/C14H17N5O2/c1-14(2,9-15)13(21)18-10-3-4-11(17-7-10)19-6-5-16-12(20)8-19/h3-4,7H,5-6,8H2,1-2H3,(H,16,20)(H,18,21). The summed E-state index contributed by atoms with van der Waals surface area (Å²) in [5.41, 5.74) is -0.572. The highest BCUT2D eigenvalue weighted by molar-refractivity contribution is 5.96. The Morgan fingerprint density at radius 3 is 2.86 bits per heavy atom. The number of carbonyl (C=O) groups excluding carboxylic acids is 2. The molecule has 0 atom stereocenters. The number of nitrogens with one attached hydrogen (secondary N) is 2. The lowest BCUT2D eigenvalue weighted by atomic mass is 9.95. The van der Waals surface area contributed by atoms with Crippen molar-refractivity contribution in [1.82, 2.24) is 10.3 Å². The number of hydrogen-bond donors (Lipinski definition) is 2. The molecule has 2 heterocycles. The van der Waals surface area contributed by atoms with Crippen LogP contribution in [0.5, 0.6) is 0 Å². The molecule has 1 saturated heterocycles. The Morgan fingerprint density at radius 2 is 2.29 bits per heavy atom. The van der Waals surface area contributed by atoms with Gasteiger partial charge in [0.05, 0.1) is 24.5 Å². The van der Waals surface area contributed by atoms with Crippen molar-refractivity contribution in [1.29, 1.82) is 5.26 Å². The van der Waals surface area contributed by atoms with Crippen LogP contribution in [0.4, 0.5) is 11.5 Å². The topological polar surface area (TPSA) is 98.1 Å². The maximum absolute atomic E-state index is 11.9. The predicted octanol–water partition coefficient (Wildman–Crippen LogP) is 0.506. The van der Waals surface area contributed by atoms with Crippen LogP contribution in [0.2, 0.25) is 0 Å². The number of nitrogens with zero attached hydrogens (tertiary/aromatic N) is 3. The molecule has 1 aliphatic rings. The summed E-state index contributed by atoms with van der Waals surface area (Å²) in [4.78, 5) is 29.3. The van der Waals surface area contributed by atoms with Crippen LogP contribution < -0.4 is 15.5 Å². The maximum Gasteiger partial charge on any atom is 0.244 e. The second-order valence-corrected chi connectivity index (χ2v) is 5.37. The zero-order chi connectivity index (χ0) is 15.5. The number of amides is 2. The number of hydrogen-bond acceptors (Lipinski definition) is 5. The van der Waals surface area contributed by atoms with E-state index >= 15 is 0 Å². The lowest BCUT2D eigenvalue weighted by molar-refractivity contribution is -0.121. The van der Waals surface area contributed by atoms with E-state index in [0.717, 1.165) is 0 Å². The minimum Gasteiger partial charge on any atom is -0.353 e. The Labute approximate surface area is 123 Å². The minimum atomic E-state index is -1.09. The van der Waals surface area contributed by atoms with Gasteiger partial charge in [0.2, 0.25) is 11.8 Å². The van der Waals surface area contributed by atoms with Crippen molar-refractivity contribution in [2.24, 2.45) is 5.41 Å². The third-order valence-electron chi connectivity index (χ3n) is 3.22. The number of nitriles is 1. The van der Waals surface area contributed by atoms with E-state index < -0.39 is 5.41 Å². The van der Waals surface area contributed by atoms with Gasteiger partial charge >= 0.3 is 0 Å². The zero-order valence-electron chi connectivity index (χ0n) is 12.0. The van der Waals surface area contributed by atoms with Crippen LogP contribution in [0, 0.1) is 16.7 Å². The van der Waals surface area contributed by atoms with Crippen LogP contribution >= 0.6 is 0 Å². The molecule has 0 aromatic carbocycles. The summed E-state index contributed by atoms with van der Waals surface area (Å²) >= 11 is 0. The molecule has 2 N–H and O–H groups in total. The third kappa shape index (κ3) is 3.48. The fraction of sp³-hybridized carbons (Fsp3) is 0.429. The first-order valence-corrected chi connectivity index (χ1v) is 6.63. The predicted molar refractivity (Wildman–Crippen MR) is 77.5 cm³/mol. The molecule has 7 nitrogen and oxygen atoms in total. The van der Waals surface area contributed by atoms with Gasteiger partial charge in [-0.1, -0.05) is 0 Å². The highest BCUT2D eigenvalue weighted by Crippen LogP contribution is 2.19. The molecule has 7 heteroatoms. The first kappa shape index (κ1) is 14.8. The molecule has 0 unspecified atom stereocenters. The fourth-order valence-corrected chi connectivity index (χ4v) is 1.82. The van der Waals surface area contributed by atoms with Gasteiger partial charge in [-0.3, -0.25) is 9.59 Å². The van der Waals surface area contributed by atoms with Gasteiger partial charge in [0.15, 0.2) is 0 Å². The van der Waals surface area contributed by atoms with Gasteiger partial charge < -0.3 is 15.5 Å². The second-order valence-electron chi connectivity index (χ2n) is 5.37. The Kier molecular flexibility index (Phi) is 4.08. The third-order valence-corrected chi connectivity index (χ3v) is 3.22. The molecule has 0 bridgehead atoms. The molecule has 2 amide bonds. The zero-order valence-corrected chi connectivity index (χ0v) is 12.0. The molecule has 0 aliphatic carbocycles. The van der Waals surface area contributed by atoms with Crippen LogP contribution in [0.15, 0.2) is 18.3 Å². The number of rotatable bonds is 3. The van der Waals surface area contributed by atoms with Gasteiger partial charge in [0.1, 0.15) is 11.2 Å². The van der Waals surface area contributed by atoms with Gasteiger partial charge in [-0.25, -0.2) is 4.98 Å². The Bertz CT molecular complexity index is 588. The molecule has 1 aromatic rings. The maximum atomic E-state index is 11.9. The van der Waals surface area contributed by atoms with Gasteiger partial charge in [-0.05, 0) is 26.0 Å². The van der Waals surface area contributed by atoms with E-state index in [1.54, 1.807) is 26.0 Å². The largest absolute Gasteiger partial charge is 0.353 e. The molecule has 0 radical (unpaired) electrons. The fourth-order valence-electron chi connectivity index (χ4n) is 1.82. The normalized spacial score (nSPS) is 15.1. The molecular weight excluding hydrogens is 270 g/mol. The minimum absolute atomic E-state index is 0.0313. The highest BCUT2D eigenvalue weighted by atomic mass is 16.2. The smallest absolute Gasteiger partial charge is 0.244 e. The lowest BCUT2D eigenvalue weighted by Gasteiger charge is -2.27. The lowest BCUT2D eigenvalue weighted by Crippen LogP contribution is -2.48. The van der Waals surface area contributed by atoms with Gasteiger partial charge in [0.25, 0.3) is 0 Å². The van der Waals surface area contributed by atoms with Crippen molar-refractivity contribution in [3.63, 3.8) is 0 Å². The quantitative estimate of drug-likeness (QED) is 0.844. The van der Waals surface area contributed by atoms with E-state index in [-0.39, 0.29) is 18.4 Å². The molecule has 1 fully saturated rings. The van der Waals surface area contributed by atoms with Crippen LogP contribution in [0.25, 0.3) is 0 Å². The number of carbonyl (C=O) groups is 2. The number of anilines is 2. The molecule has 1 aliphatic heterocycles. The van der Waals surface area contributed by atoms with Gasteiger partial charge in [0, 0.05) is 13.1 Å². The van der Waals surface area contributed by atoms with E-state index in [9.17, 15) is 9.59 Å². The van der Waals surface area contributed by atoms with Crippen molar-refractivity contribution in [2.45, 2.75) is 13.8 Å².